The molecule has 2 aromatic rings. The first-order valence-electron chi connectivity index (χ1n) is 11.8. The molecule has 0 amide bonds. The minimum absolute atomic E-state index is 0.0121. The fourth-order valence-electron chi connectivity index (χ4n) is 4.79. The van der Waals surface area contributed by atoms with Gasteiger partial charge in [0.1, 0.15) is 4.21 Å². The van der Waals surface area contributed by atoms with Gasteiger partial charge in [0.2, 0.25) is 0 Å². The maximum absolute atomic E-state index is 13.3. The molecule has 0 bridgehead atoms. The van der Waals surface area contributed by atoms with E-state index in [1.54, 1.807) is 17.5 Å². The van der Waals surface area contributed by atoms with Crippen molar-refractivity contribution in [2.45, 2.75) is 41.9 Å². The molecule has 4 rings (SSSR count). The number of rotatable bonds is 6. The average Bonchev–Trinajstić information content (AvgIpc) is 3.36. The Morgan fingerprint density at radius 2 is 1.78 bits per heavy atom. The number of piperazine rings is 1. The number of sulfonamides is 1. The van der Waals surface area contributed by atoms with E-state index >= 15 is 0 Å². The first-order valence-corrected chi connectivity index (χ1v) is 15.9. The van der Waals surface area contributed by atoms with Gasteiger partial charge in [-0.05, 0) is 43.0 Å². The minimum Gasteiger partial charge on any atom is -0.376 e. The van der Waals surface area contributed by atoms with Gasteiger partial charge < -0.3 is 10.0 Å². The fourth-order valence-corrected chi connectivity index (χ4v) is 9.03. The van der Waals surface area contributed by atoms with Gasteiger partial charge >= 0.3 is 6.18 Å². The van der Waals surface area contributed by atoms with Crippen LogP contribution in [0.15, 0.2) is 46.0 Å². The summed E-state index contributed by atoms with van der Waals surface area (Å²) in [5.41, 5.74) is -2.71. The number of hydrogen-bond donors (Lipinski definition) is 1. The highest BCUT2D eigenvalue weighted by atomic mass is 32.2. The van der Waals surface area contributed by atoms with Crippen LogP contribution in [-0.2, 0) is 25.5 Å². The molecule has 1 N–H and O–H groups in total. The van der Waals surface area contributed by atoms with Gasteiger partial charge in [0.15, 0.2) is 15.4 Å². The number of hydrogen-bond acceptors (Lipinski definition) is 8. The molecule has 1 aromatic heterocycles. The zero-order chi connectivity index (χ0) is 27.2. The molecular formula is C23H30F3N3O5S3. The SMILES string of the molecule is C[C@H]1CS(=O)(=O)CCN1C[C@H]1CN(S(=O)(=O)c2cccs2)CCN1c1ccc([C@](C)(O)C(F)(F)F)cc1. The highest BCUT2D eigenvalue weighted by Crippen LogP contribution is 2.39. The maximum atomic E-state index is 13.3. The van der Waals surface area contributed by atoms with Crippen LogP contribution in [0.4, 0.5) is 18.9 Å². The van der Waals surface area contributed by atoms with Gasteiger partial charge in [-0.15, -0.1) is 11.3 Å². The molecule has 2 aliphatic heterocycles. The first-order chi connectivity index (χ1) is 17.1. The third kappa shape index (κ3) is 5.83. The van der Waals surface area contributed by atoms with Crippen LogP contribution in [0.5, 0.6) is 0 Å². The van der Waals surface area contributed by atoms with Gasteiger partial charge in [0.25, 0.3) is 10.0 Å². The van der Waals surface area contributed by atoms with Gasteiger partial charge in [-0.2, -0.15) is 17.5 Å². The lowest BCUT2D eigenvalue weighted by molar-refractivity contribution is -0.258. The van der Waals surface area contributed by atoms with Crippen molar-refractivity contribution in [1.29, 1.82) is 0 Å². The maximum Gasteiger partial charge on any atom is 0.421 e. The summed E-state index contributed by atoms with van der Waals surface area (Å²) < 4.78 is 92.1. The van der Waals surface area contributed by atoms with Crippen LogP contribution in [0.25, 0.3) is 0 Å². The Labute approximate surface area is 219 Å². The molecule has 1 aromatic carbocycles. The number of halogens is 3. The summed E-state index contributed by atoms with van der Waals surface area (Å²) in [7, 11) is -6.86. The Morgan fingerprint density at radius 1 is 1.11 bits per heavy atom. The summed E-state index contributed by atoms with van der Waals surface area (Å²) in [6.07, 6.45) is -4.84. The summed E-state index contributed by atoms with van der Waals surface area (Å²) in [6.45, 7) is 3.84. The van der Waals surface area contributed by atoms with E-state index in [4.69, 9.17) is 0 Å². The summed E-state index contributed by atoms with van der Waals surface area (Å²) in [4.78, 5) is 3.96. The molecule has 14 heteroatoms. The number of alkyl halides is 3. The van der Waals surface area contributed by atoms with E-state index < -0.39 is 31.6 Å². The van der Waals surface area contributed by atoms with Crippen molar-refractivity contribution in [3.63, 3.8) is 0 Å². The third-order valence-corrected chi connectivity index (χ3v) is 12.1. The summed E-state index contributed by atoms with van der Waals surface area (Å²) in [5, 5.41) is 11.7. The van der Waals surface area contributed by atoms with Gasteiger partial charge in [0.05, 0.1) is 17.5 Å². The van der Waals surface area contributed by atoms with Gasteiger partial charge in [-0.25, -0.2) is 16.8 Å². The Bertz CT molecular complexity index is 1300. The Morgan fingerprint density at radius 3 is 2.35 bits per heavy atom. The molecule has 2 saturated heterocycles. The number of thiophene rings is 1. The lowest BCUT2D eigenvalue weighted by Crippen LogP contribution is -2.60. The van der Waals surface area contributed by atoms with E-state index in [0.29, 0.717) is 32.2 Å². The number of aliphatic hydroxyl groups is 1. The van der Waals surface area contributed by atoms with Crippen LogP contribution in [0.1, 0.15) is 19.4 Å². The molecule has 3 heterocycles. The fraction of sp³-hybridized carbons (Fsp3) is 0.565. The predicted octanol–water partition coefficient (Wildman–Crippen LogP) is 2.52. The van der Waals surface area contributed by atoms with Crippen LogP contribution in [0.2, 0.25) is 0 Å². The van der Waals surface area contributed by atoms with Crippen LogP contribution < -0.4 is 4.90 Å². The molecule has 0 spiro atoms. The topological polar surface area (TPSA) is 98.2 Å². The van der Waals surface area contributed by atoms with Crippen LogP contribution in [0, 0.1) is 0 Å². The molecule has 37 heavy (non-hydrogen) atoms. The smallest absolute Gasteiger partial charge is 0.376 e. The Hall–Kier alpha value is -1.71. The normalized spacial score (nSPS) is 25.6. The van der Waals surface area contributed by atoms with Crippen molar-refractivity contribution in [2.24, 2.45) is 0 Å². The Balaban J connectivity index is 1.61. The second kappa shape index (κ2) is 10.1. The second-order valence-corrected chi connectivity index (χ2v) is 15.1. The van der Waals surface area contributed by atoms with E-state index in [0.717, 1.165) is 11.3 Å². The molecule has 2 fully saturated rings. The zero-order valence-electron chi connectivity index (χ0n) is 20.4. The lowest BCUT2D eigenvalue weighted by atomic mass is 9.95. The van der Waals surface area contributed by atoms with Crippen LogP contribution in [0.3, 0.4) is 0 Å². The van der Waals surface area contributed by atoms with Crippen molar-refractivity contribution in [1.82, 2.24) is 9.21 Å². The molecule has 3 atom stereocenters. The van der Waals surface area contributed by atoms with E-state index in [-0.39, 0.29) is 46.5 Å². The minimum atomic E-state index is -4.84. The van der Waals surface area contributed by atoms with Crippen molar-refractivity contribution in [2.75, 3.05) is 49.1 Å². The summed E-state index contributed by atoms with van der Waals surface area (Å²) >= 11 is 1.13. The van der Waals surface area contributed by atoms with Crippen LogP contribution in [-0.4, -0.2) is 93.6 Å². The van der Waals surface area contributed by atoms with E-state index in [1.807, 2.05) is 16.7 Å². The van der Waals surface area contributed by atoms with Crippen LogP contribution >= 0.6 is 11.3 Å². The largest absolute Gasteiger partial charge is 0.421 e. The molecule has 0 radical (unpaired) electrons. The van der Waals surface area contributed by atoms with Crippen molar-refractivity contribution in [3.05, 3.63) is 47.3 Å². The van der Waals surface area contributed by atoms with E-state index in [2.05, 4.69) is 0 Å². The molecule has 206 valence electrons. The molecule has 0 saturated carbocycles. The summed E-state index contributed by atoms with van der Waals surface area (Å²) in [5.74, 6) is 0.0284. The molecule has 0 unspecified atom stereocenters. The lowest BCUT2D eigenvalue weighted by Gasteiger charge is -2.45. The van der Waals surface area contributed by atoms with Crippen molar-refractivity contribution >= 4 is 36.9 Å². The first kappa shape index (κ1) is 28.3. The number of benzene rings is 1. The van der Waals surface area contributed by atoms with Crippen molar-refractivity contribution < 1.29 is 35.1 Å². The molecule has 2 aliphatic rings. The summed E-state index contributed by atoms with van der Waals surface area (Å²) in [6, 6.07) is 8.03. The van der Waals surface area contributed by atoms with Crippen molar-refractivity contribution in [3.8, 4) is 0 Å². The van der Waals surface area contributed by atoms with Gasteiger partial charge in [-0.3, -0.25) is 4.90 Å². The number of anilines is 1. The highest BCUT2D eigenvalue weighted by molar-refractivity contribution is 7.91. The van der Waals surface area contributed by atoms with Gasteiger partial charge in [-0.1, -0.05) is 18.2 Å². The average molecular weight is 582 g/mol. The molecular weight excluding hydrogens is 551 g/mol. The quantitative estimate of drug-likeness (QED) is 0.560. The number of nitrogens with zero attached hydrogens (tertiary/aromatic N) is 3. The van der Waals surface area contributed by atoms with E-state index in [1.165, 1.54) is 28.6 Å². The molecule has 0 aliphatic carbocycles. The van der Waals surface area contributed by atoms with Gasteiger partial charge in [0, 0.05) is 44.5 Å². The zero-order valence-corrected chi connectivity index (χ0v) is 22.9. The monoisotopic (exact) mass is 581 g/mol. The predicted molar refractivity (Wildman–Crippen MR) is 136 cm³/mol. The second-order valence-electron chi connectivity index (χ2n) is 9.72. The third-order valence-electron chi connectivity index (χ3n) is 7.10. The highest BCUT2D eigenvalue weighted by Gasteiger charge is 2.51. The number of sulfone groups is 1. The van der Waals surface area contributed by atoms with E-state index in [9.17, 15) is 35.1 Å². The standard InChI is InChI=1S/C23H30F3N3O5S3/c1-17-16-36(31,32)13-11-27(17)14-20-15-28(37(33,34)21-4-3-12-35-21)9-10-29(20)19-7-5-18(6-8-19)22(2,30)23(24,25)26/h3-8,12,17,20,30H,9-11,13-16H2,1-2H3/t17-,20-,22-/m0/s1. The Kier molecular flexibility index (Phi) is 7.74. The molecule has 8 nitrogen and oxygen atoms in total.